The number of aryl methyl sites for hydroxylation is 1. The first-order valence-electron chi connectivity index (χ1n) is 5.23. The standard InChI is InChI=1S/C13H14INS/c1-9-6-7-13(16-9)10(2)15-12-5-3-4-11(14)8-12/h3-8,10,15H,1-2H3. The van der Waals surface area contributed by atoms with Crippen LogP contribution in [0.15, 0.2) is 36.4 Å². The Kier molecular flexibility index (Phi) is 3.86. The molecule has 1 aromatic heterocycles. The van der Waals surface area contributed by atoms with E-state index in [9.17, 15) is 0 Å². The number of nitrogens with one attached hydrogen (secondary N) is 1. The van der Waals surface area contributed by atoms with Crippen molar-refractivity contribution in [3.63, 3.8) is 0 Å². The lowest BCUT2D eigenvalue weighted by atomic mass is 10.2. The molecular weight excluding hydrogens is 329 g/mol. The quantitative estimate of drug-likeness (QED) is 0.787. The SMILES string of the molecule is Cc1ccc(C(C)Nc2cccc(I)c2)s1. The second kappa shape index (κ2) is 5.19. The number of hydrogen-bond acceptors (Lipinski definition) is 2. The predicted octanol–water partition coefficient (Wildman–Crippen LogP) is 4.83. The van der Waals surface area contributed by atoms with E-state index in [1.54, 1.807) is 0 Å². The zero-order valence-electron chi connectivity index (χ0n) is 9.33. The van der Waals surface area contributed by atoms with Crippen molar-refractivity contribution in [3.8, 4) is 0 Å². The second-order valence-electron chi connectivity index (χ2n) is 3.82. The highest BCUT2D eigenvalue weighted by Crippen LogP contribution is 2.26. The lowest BCUT2D eigenvalue weighted by Crippen LogP contribution is -2.04. The normalized spacial score (nSPS) is 12.4. The molecule has 1 heterocycles. The van der Waals surface area contributed by atoms with Gasteiger partial charge in [-0.05, 0) is 66.8 Å². The molecule has 2 aromatic rings. The van der Waals surface area contributed by atoms with Crippen molar-refractivity contribution in [2.45, 2.75) is 19.9 Å². The van der Waals surface area contributed by atoms with Gasteiger partial charge in [0, 0.05) is 19.0 Å². The predicted molar refractivity (Wildman–Crippen MR) is 80.3 cm³/mol. The van der Waals surface area contributed by atoms with E-state index in [1.165, 1.54) is 19.0 Å². The van der Waals surface area contributed by atoms with Crippen molar-refractivity contribution in [2.75, 3.05) is 5.32 Å². The first kappa shape index (κ1) is 11.9. The maximum atomic E-state index is 3.52. The Morgan fingerprint density at radius 3 is 2.69 bits per heavy atom. The van der Waals surface area contributed by atoms with Gasteiger partial charge in [-0.1, -0.05) is 6.07 Å². The van der Waals surface area contributed by atoms with Crippen molar-refractivity contribution < 1.29 is 0 Å². The largest absolute Gasteiger partial charge is 0.378 e. The van der Waals surface area contributed by atoms with E-state index in [0.29, 0.717) is 6.04 Å². The lowest BCUT2D eigenvalue weighted by Gasteiger charge is -2.13. The van der Waals surface area contributed by atoms with Gasteiger partial charge in [0.2, 0.25) is 0 Å². The topological polar surface area (TPSA) is 12.0 Å². The van der Waals surface area contributed by atoms with Gasteiger partial charge in [-0.15, -0.1) is 11.3 Å². The molecule has 16 heavy (non-hydrogen) atoms. The third kappa shape index (κ3) is 2.98. The molecule has 0 bridgehead atoms. The molecule has 0 saturated heterocycles. The molecule has 1 aromatic carbocycles. The van der Waals surface area contributed by atoms with Gasteiger partial charge in [0.1, 0.15) is 0 Å². The number of hydrogen-bond donors (Lipinski definition) is 1. The molecule has 0 saturated carbocycles. The minimum Gasteiger partial charge on any atom is -0.378 e. The van der Waals surface area contributed by atoms with Gasteiger partial charge in [-0.2, -0.15) is 0 Å². The summed E-state index contributed by atoms with van der Waals surface area (Å²) in [6.45, 7) is 4.34. The summed E-state index contributed by atoms with van der Waals surface area (Å²) in [4.78, 5) is 2.75. The highest BCUT2D eigenvalue weighted by atomic mass is 127. The fourth-order valence-electron chi connectivity index (χ4n) is 1.59. The summed E-state index contributed by atoms with van der Waals surface area (Å²) in [6.07, 6.45) is 0. The average molecular weight is 343 g/mol. The van der Waals surface area contributed by atoms with Crippen LogP contribution in [-0.4, -0.2) is 0 Å². The van der Waals surface area contributed by atoms with E-state index in [4.69, 9.17) is 0 Å². The first-order chi connectivity index (χ1) is 7.65. The molecule has 0 aliphatic carbocycles. The Morgan fingerprint density at radius 1 is 1.25 bits per heavy atom. The van der Waals surface area contributed by atoms with E-state index >= 15 is 0 Å². The van der Waals surface area contributed by atoms with Crippen molar-refractivity contribution >= 4 is 39.6 Å². The maximum Gasteiger partial charge on any atom is 0.0578 e. The van der Waals surface area contributed by atoms with E-state index in [0.717, 1.165) is 0 Å². The first-order valence-corrected chi connectivity index (χ1v) is 7.13. The van der Waals surface area contributed by atoms with Crippen LogP contribution in [0.2, 0.25) is 0 Å². The lowest BCUT2D eigenvalue weighted by molar-refractivity contribution is 0.908. The molecule has 2 rings (SSSR count). The van der Waals surface area contributed by atoms with Gasteiger partial charge < -0.3 is 5.32 Å². The Labute approximate surface area is 114 Å². The van der Waals surface area contributed by atoms with Crippen LogP contribution in [-0.2, 0) is 0 Å². The van der Waals surface area contributed by atoms with Crippen LogP contribution >= 0.6 is 33.9 Å². The molecule has 3 heteroatoms. The number of thiophene rings is 1. The van der Waals surface area contributed by atoms with Crippen molar-refractivity contribution in [3.05, 3.63) is 49.7 Å². The smallest absolute Gasteiger partial charge is 0.0578 e. The molecule has 0 spiro atoms. The van der Waals surface area contributed by atoms with E-state index in [1.807, 2.05) is 11.3 Å². The van der Waals surface area contributed by atoms with Gasteiger partial charge in [0.15, 0.2) is 0 Å². The van der Waals surface area contributed by atoms with Crippen LogP contribution in [0.4, 0.5) is 5.69 Å². The Balaban J connectivity index is 2.10. The van der Waals surface area contributed by atoms with E-state index in [2.05, 4.69) is 78.2 Å². The summed E-state index contributed by atoms with van der Waals surface area (Å²) in [5, 5.41) is 3.52. The minimum absolute atomic E-state index is 0.372. The number of halogens is 1. The van der Waals surface area contributed by atoms with Crippen molar-refractivity contribution in [1.29, 1.82) is 0 Å². The van der Waals surface area contributed by atoms with Gasteiger partial charge in [-0.25, -0.2) is 0 Å². The highest BCUT2D eigenvalue weighted by molar-refractivity contribution is 14.1. The summed E-state index contributed by atoms with van der Waals surface area (Å²) in [5.74, 6) is 0. The number of anilines is 1. The molecule has 0 amide bonds. The van der Waals surface area contributed by atoms with Crippen LogP contribution in [0.3, 0.4) is 0 Å². The Morgan fingerprint density at radius 2 is 2.06 bits per heavy atom. The Bertz CT molecular complexity index is 478. The van der Waals surface area contributed by atoms with Crippen LogP contribution in [0.5, 0.6) is 0 Å². The van der Waals surface area contributed by atoms with Crippen LogP contribution in [0.1, 0.15) is 22.7 Å². The fourth-order valence-corrected chi connectivity index (χ4v) is 3.01. The Hall–Kier alpha value is -0.550. The molecule has 0 aliphatic heterocycles. The zero-order valence-corrected chi connectivity index (χ0v) is 12.3. The number of benzene rings is 1. The van der Waals surface area contributed by atoms with E-state index in [-0.39, 0.29) is 0 Å². The van der Waals surface area contributed by atoms with Crippen molar-refractivity contribution in [2.24, 2.45) is 0 Å². The van der Waals surface area contributed by atoms with Gasteiger partial charge >= 0.3 is 0 Å². The molecule has 84 valence electrons. The molecule has 0 radical (unpaired) electrons. The van der Waals surface area contributed by atoms with Crippen LogP contribution in [0.25, 0.3) is 0 Å². The summed E-state index contributed by atoms with van der Waals surface area (Å²) < 4.78 is 1.26. The molecule has 1 atom stereocenters. The summed E-state index contributed by atoms with van der Waals surface area (Å²) in [7, 11) is 0. The summed E-state index contributed by atoms with van der Waals surface area (Å²) in [5.41, 5.74) is 1.19. The van der Waals surface area contributed by atoms with Gasteiger partial charge in [0.25, 0.3) is 0 Å². The molecule has 0 aliphatic rings. The van der Waals surface area contributed by atoms with Gasteiger partial charge in [0.05, 0.1) is 6.04 Å². The third-order valence-corrected chi connectivity index (χ3v) is 4.25. The maximum absolute atomic E-state index is 3.52. The summed E-state index contributed by atoms with van der Waals surface area (Å²) in [6, 6.07) is 13.2. The molecule has 1 N–H and O–H groups in total. The minimum atomic E-state index is 0.372. The van der Waals surface area contributed by atoms with E-state index < -0.39 is 0 Å². The second-order valence-corrected chi connectivity index (χ2v) is 6.39. The molecular formula is C13H14INS. The summed E-state index contributed by atoms with van der Waals surface area (Å²) >= 11 is 4.19. The van der Waals surface area contributed by atoms with Gasteiger partial charge in [-0.3, -0.25) is 0 Å². The van der Waals surface area contributed by atoms with Crippen molar-refractivity contribution in [1.82, 2.24) is 0 Å². The monoisotopic (exact) mass is 343 g/mol. The molecule has 1 unspecified atom stereocenters. The molecule has 0 fully saturated rings. The average Bonchev–Trinajstić information content (AvgIpc) is 2.65. The fraction of sp³-hybridized carbons (Fsp3) is 0.231. The molecule has 1 nitrogen and oxygen atoms in total. The third-order valence-electron chi connectivity index (χ3n) is 2.40. The van der Waals surface area contributed by atoms with Crippen LogP contribution < -0.4 is 5.32 Å². The zero-order chi connectivity index (χ0) is 11.5. The highest BCUT2D eigenvalue weighted by Gasteiger charge is 2.07. The van der Waals surface area contributed by atoms with Crippen LogP contribution in [0, 0.1) is 10.5 Å². The number of rotatable bonds is 3.